The van der Waals surface area contributed by atoms with Crippen molar-refractivity contribution in [3.8, 4) is 0 Å². The summed E-state index contributed by atoms with van der Waals surface area (Å²) >= 11 is 0. The molecule has 0 fully saturated rings. The van der Waals surface area contributed by atoms with E-state index in [0.717, 1.165) is 0 Å². The first-order valence-electron chi connectivity index (χ1n) is 6.19. The third-order valence-electron chi connectivity index (χ3n) is 2.57. The molecule has 7 heteroatoms. The normalized spacial score (nSPS) is 10.7. The fourth-order valence-corrected chi connectivity index (χ4v) is 1.74. The lowest BCUT2D eigenvalue weighted by Crippen LogP contribution is -1.98. The van der Waals surface area contributed by atoms with Gasteiger partial charge in [0.2, 0.25) is 0 Å². The third kappa shape index (κ3) is 4.81. The molecule has 0 aromatic carbocycles. The van der Waals surface area contributed by atoms with E-state index in [4.69, 9.17) is 23.8 Å². The molecule has 0 aliphatic heterocycles. The number of hydrogen-bond acceptors (Lipinski definition) is 5. The fraction of sp³-hybridized carbons (Fsp3) is 0.286. The maximum atomic E-state index is 10.5. The smallest absolute Gasteiger partial charge is 0.311 e. The number of hydrogen-bond donors (Lipinski definition) is 2. The van der Waals surface area contributed by atoms with E-state index in [2.05, 4.69) is 0 Å². The van der Waals surface area contributed by atoms with Gasteiger partial charge in [0.15, 0.2) is 0 Å². The van der Waals surface area contributed by atoms with E-state index < -0.39 is 11.9 Å². The van der Waals surface area contributed by atoms with Crippen LogP contribution < -0.4 is 0 Å². The Morgan fingerprint density at radius 3 is 1.57 bits per heavy atom. The molecule has 2 heterocycles. The van der Waals surface area contributed by atoms with Crippen LogP contribution in [0.15, 0.2) is 33.1 Å². The zero-order chi connectivity index (χ0) is 15.2. The van der Waals surface area contributed by atoms with Gasteiger partial charge >= 0.3 is 11.9 Å². The van der Waals surface area contributed by atoms with Crippen LogP contribution in [-0.4, -0.2) is 22.2 Å². The standard InChI is InChI=1S/C14H14O7/c15-13(16)5-9-1-3-11(20-9)7-19-8-12-4-2-10(21-12)6-14(17)18/h1-4H,5-8H2,(H,15,16)(H,17,18). The summed E-state index contributed by atoms with van der Waals surface area (Å²) in [6.07, 6.45) is -0.340. The Bertz CT molecular complexity index is 569. The summed E-state index contributed by atoms with van der Waals surface area (Å²) in [5.41, 5.74) is 0. The molecule has 21 heavy (non-hydrogen) atoms. The maximum absolute atomic E-state index is 10.5. The third-order valence-corrected chi connectivity index (χ3v) is 2.57. The van der Waals surface area contributed by atoms with Gasteiger partial charge in [0, 0.05) is 0 Å². The van der Waals surface area contributed by atoms with Gasteiger partial charge in [-0.3, -0.25) is 9.59 Å². The largest absolute Gasteiger partial charge is 0.481 e. The van der Waals surface area contributed by atoms with Gasteiger partial charge in [-0.15, -0.1) is 0 Å². The van der Waals surface area contributed by atoms with Crippen LogP contribution in [0.4, 0.5) is 0 Å². The zero-order valence-electron chi connectivity index (χ0n) is 11.1. The van der Waals surface area contributed by atoms with Crippen LogP contribution >= 0.6 is 0 Å². The van der Waals surface area contributed by atoms with Crippen molar-refractivity contribution in [3.63, 3.8) is 0 Å². The predicted octanol–water partition coefficient (Wildman–Crippen LogP) is 1.84. The first-order valence-corrected chi connectivity index (χ1v) is 6.19. The highest BCUT2D eigenvalue weighted by Gasteiger charge is 2.08. The van der Waals surface area contributed by atoms with Crippen LogP contribution in [0.1, 0.15) is 23.0 Å². The molecule has 0 aliphatic rings. The van der Waals surface area contributed by atoms with Gasteiger partial charge in [-0.2, -0.15) is 0 Å². The van der Waals surface area contributed by atoms with E-state index in [1.807, 2.05) is 0 Å². The highest BCUT2D eigenvalue weighted by Crippen LogP contribution is 2.13. The molecule has 0 atom stereocenters. The molecule has 2 aromatic rings. The molecule has 112 valence electrons. The molecule has 0 aliphatic carbocycles. The molecule has 2 rings (SSSR count). The van der Waals surface area contributed by atoms with Gasteiger partial charge in [0.25, 0.3) is 0 Å². The van der Waals surface area contributed by atoms with Crippen LogP contribution in [0, 0.1) is 0 Å². The second-order valence-corrected chi connectivity index (χ2v) is 4.37. The summed E-state index contributed by atoms with van der Waals surface area (Å²) in [5.74, 6) is -0.158. The van der Waals surface area contributed by atoms with E-state index in [1.54, 1.807) is 24.3 Å². The minimum absolute atomic E-state index is 0.170. The average molecular weight is 294 g/mol. The highest BCUT2D eigenvalue weighted by molar-refractivity contribution is 5.69. The van der Waals surface area contributed by atoms with Crippen LogP contribution in [0.3, 0.4) is 0 Å². The average Bonchev–Trinajstić information content (AvgIpc) is 2.98. The van der Waals surface area contributed by atoms with Crippen molar-refractivity contribution in [3.05, 3.63) is 47.3 Å². The monoisotopic (exact) mass is 294 g/mol. The second kappa shape index (κ2) is 6.76. The van der Waals surface area contributed by atoms with E-state index >= 15 is 0 Å². The second-order valence-electron chi connectivity index (χ2n) is 4.37. The number of carbonyl (C=O) groups is 2. The minimum Gasteiger partial charge on any atom is -0.481 e. The molecule has 2 aromatic heterocycles. The number of furan rings is 2. The van der Waals surface area contributed by atoms with Gasteiger partial charge in [0.1, 0.15) is 49.1 Å². The summed E-state index contributed by atoms with van der Waals surface area (Å²) in [6.45, 7) is 0.350. The Balaban J connectivity index is 1.78. The molecule has 0 saturated carbocycles. The Morgan fingerprint density at radius 2 is 1.19 bits per heavy atom. The summed E-state index contributed by atoms with van der Waals surface area (Å²) in [7, 11) is 0. The van der Waals surface area contributed by atoms with Crippen molar-refractivity contribution >= 4 is 11.9 Å². The van der Waals surface area contributed by atoms with Crippen molar-refractivity contribution in [2.24, 2.45) is 0 Å². The Labute approximate surface area is 119 Å². The zero-order valence-corrected chi connectivity index (χ0v) is 11.1. The van der Waals surface area contributed by atoms with Crippen molar-refractivity contribution in [2.75, 3.05) is 0 Å². The first-order chi connectivity index (χ1) is 10.0. The maximum Gasteiger partial charge on any atom is 0.311 e. The molecule has 7 nitrogen and oxygen atoms in total. The van der Waals surface area contributed by atoms with Gasteiger partial charge in [-0.05, 0) is 24.3 Å². The number of carboxylic acids is 2. The van der Waals surface area contributed by atoms with Crippen LogP contribution in [0.2, 0.25) is 0 Å². The van der Waals surface area contributed by atoms with Gasteiger partial charge in [-0.1, -0.05) is 0 Å². The molecule has 0 radical (unpaired) electrons. The summed E-state index contributed by atoms with van der Waals surface area (Å²) in [5, 5.41) is 17.2. The lowest BCUT2D eigenvalue weighted by atomic mass is 10.3. The highest BCUT2D eigenvalue weighted by atomic mass is 16.5. The van der Waals surface area contributed by atoms with Crippen molar-refractivity contribution < 1.29 is 33.4 Å². The minimum atomic E-state index is -0.960. The summed E-state index contributed by atoms with van der Waals surface area (Å²) in [4.78, 5) is 21.0. The Hall–Kier alpha value is -2.54. The number of ether oxygens (including phenoxy) is 1. The van der Waals surface area contributed by atoms with Crippen LogP contribution in [0.25, 0.3) is 0 Å². The number of carboxylic acid groups (broad SMARTS) is 2. The van der Waals surface area contributed by atoms with Crippen molar-refractivity contribution in [1.82, 2.24) is 0 Å². The fourth-order valence-electron chi connectivity index (χ4n) is 1.74. The van der Waals surface area contributed by atoms with Crippen LogP contribution in [-0.2, 0) is 40.4 Å². The summed E-state index contributed by atoms with van der Waals surface area (Å²) in [6, 6.07) is 6.47. The molecule has 0 bridgehead atoms. The molecule has 0 spiro atoms. The molecular weight excluding hydrogens is 280 g/mol. The Kier molecular flexibility index (Phi) is 4.78. The number of aliphatic carboxylic acids is 2. The quantitative estimate of drug-likeness (QED) is 0.764. The van der Waals surface area contributed by atoms with Crippen LogP contribution in [0.5, 0.6) is 0 Å². The van der Waals surface area contributed by atoms with Gasteiger partial charge < -0.3 is 23.8 Å². The van der Waals surface area contributed by atoms with E-state index in [9.17, 15) is 9.59 Å². The molecule has 0 unspecified atom stereocenters. The topological polar surface area (TPSA) is 110 Å². The van der Waals surface area contributed by atoms with E-state index in [1.165, 1.54) is 0 Å². The first kappa shape index (κ1) is 14.9. The van der Waals surface area contributed by atoms with E-state index in [-0.39, 0.29) is 26.1 Å². The van der Waals surface area contributed by atoms with Gasteiger partial charge in [0.05, 0.1) is 0 Å². The molecule has 0 amide bonds. The molecule has 2 N–H and O–H groups in total. The number of rotatable bonds is 8. The Morgan fingerprint density at radius 1 is 0.810 bits per heavy atom. The van der Waals surface area contributed by atoms with Gasteiger partial charge in [-0.25, -0.2) is 0 Å². The lowest BCUT2D eigenvalue weighted by molar-refractivity contribution is -0.137. The van der Waals surface area contributed by atoms with E-state index in [0.29, 0.717) is 23.0 Å². The molecular formula is C14H14O7. The lowest BCUT2D eigenvalue weighted by Gasteiger charge is -1.99. The molecule has 0 saturated heterocycles. The van der Waals surface area contributed by atoms with Crippen molar-refractivity contribution in [1.29, 1.82) is 0 Å². The predicted molar refractivity (Wildman–Crippen MR) is 68.6 cm³/mol. The summed E-state index contributed by atoms with van der Waals surface area (Å²) < 4.78 is 15.9. The SMILES string of the molecule is O=C(O)Cc1ccc(COCc2ccc(CC(=O)O)o2)o1. The van der Waals surface area contributed by atoms with Crippen molar-refractivity contribution in [2.45, 2.75) is 26.1 Å².